The number of ether oxygens (including phenoxy) is 2. The van der Waals surface area contributed by atoms with E-state index in [-0.39, 0.29) is 17.8 Å². The SMILES string of the molecule is COC(=O)c1ccc2c3nccc(-c4c(C)nnn4C)c3n([C@H](c3ccc(F)cc3)C3CCOCC3)c2c1. The van der Waals surface area contributed by atoms with Crippen LogP contribution in [0.2, 0.25) is 0 Å². The summed E-state index contributed by atoms with van der Waals surface area (Å²) in [6.45, 7) is 3.25. The molecule has 1 atom stereocenters. The van der Waals surface area contributed by atoms with Crippen molar-refractivity contribution >= 4 is 27.9 Å². The van der Waals surface area contributed by atoms with Crippen LogP contribution in [0, 0.1) is 18.7 Å². The molecule has 8 nitrogen and oxygen atoms in total. The van der Waals surface area contributed by atoms with Crippen LogP contribution in [0.15, 0.2) is 54.7 Å². The van der Waals surface area contributed by atoms with Gasteiger partial charge < -0.3 is 14.0 Å². The molecular weight excluding hydrogens is 485 g/mol. The Labute approximate surface area is 219 Å². The van der Waals surface area contributed by atoms with E-state index in [0.29, 0.717) is 18.8 Å². The molecule has 0 amide bonds. The summed E-state index contributed by atoms with van der Waals surface area (Å²) in [5, 5.41) is 9.47. The smallest absolute Gasteiger partial charge is 0.337 e. The first kappa shape index (κ1) is 24.2. The third-order valence-electron chi connectivity index (χ3n) is 7.55. The molecule has 0 aliphatic carbocycles. The van der Waals surface area contributed by atoms with Crippen LogP contribution in [0.25, 0.3) is 33.2 Å². The molecule has 6 rings (SSSR count). The summed E-state index contributed by atoms with van der Waals surface area (Å²) in [4.78, 5) is 17.4. The van der Waals surface area contributed by atoms with Gasteiger partial charge in [-0.3, -0.25) is 4.98 Å². The molecule has 5 aromatic rings. The maximum atomic E-state index is 14.1. The molecular formula is C29H28FN5O3. The van der Waals surface area contributed by atoms with E-state index in [1.165, 1.54) is 19.2 Å². The summed E-state index contributed by atoms with van der Waals surface area (Å²) < 4.78 is 28.9. The minimum Gasteiger partial charge on any atom is -0.465 e. The van der Waals surface area contributed by atoms with E-state index >= 15 is 0 Å². The number of fused-ring (bicyclic) bond motifs is 3. The van der Waals surface area contributed by atoms with Crippen molar-refractivity contribution in [2.45, 2.75) is 25.8 Å². The molecule has 0 saturated carbocycles. The summed E-state index contributed by atoms with van der Waals surface area (Å²) in [6, 6.07) is 14.1. The quantitative estimate of drug-likeness (QED) is 0.299. The van der Waals surface area contributed by atoms with Gasteiger partial charge in [-0.25, -0.2) is 13.9 Å². The van der Waals surface area contributed by atoms with E-state index in [2.05, 4.69) is 14.9 Å². The summed E-state index contributed by atoms with van der Waals surface area (Å²) in [5.74, 6) is -0.477. The topological polar surface area (TPSA) is 84.1 Å². The molecule has 1 fully saturated rings. The van der Waals surface area contributed by atoms with Gasteiger partial charge in [-0.05, 0) is 67.6 Å². The van der Waals surface area contributed by atoms with Crippen LogP contribution in [0.4, 0.5) is 4.39 Å². The predicted molar refractivity (Wildman–Crippen MR) is 141 cm³/mol. The molecule has 3 aromatic heterocycles. The monoisotopic (exact) mass is 513 g/mol. The Balaban J connectivity index is 1.75. The highest BCUT2D eigenvalue weighted by Gasteiger charge is 2.32. The van der Waals surface area contributed by atoms with E-state index in [1.54, 1.807) is 16.9 Å². The molecule has 4 heterocycles. The zero-order chi connectivity index (χ0) is 26.4. The molecule has 194 valence electrons. The first-order valence-corrected chi connectivity index (χ1v) is 12.7. The summed E-state index contributed by atoms with van der Waals surface area (Å²) >= 11 is 0. The Morgan fingerprint density at radius 3 is 2.58 bits per heavy atom. The van der Waals surface area contributed by atoms with E-state index in [4.69, 9.17) is 14.5 Å². The van der Waals surface area contributed by atoms with Gasteiger partial charge in [0.1, 0.15) is 5.82 Å². The molecule has 1 aliphatic rings. The number of nitrogens with zero attached hydrogens (tertiary/aromatic N) is 5. The molecule has 0 N–H and O–H groups in total. The highest BCUT2D eigenvalue weighted by atomic mass is 19.1. The van der Waals surface area contributed by atoms with Crippen molar-refractivity contribution in [1.82, 2.24) is 24.5 Å². The minimum atomic E-state index is -0.409. The fourth-order valence-corrected chi connectivity index (χ4v) is 5.82. The third kappa shape index (κ3) is 3.94. The summed E-state index contributed by atoms with van der Waals surface area (Å²) in [6.07, 6.45) is 3.49. The number of hydrogen-bond acceptors (Lipinski definition) is 6. The van der Waals surface area contributed by atoms with Gasteiger partial charge in [0.2, 0.25) is 0 Å². The molecule has 9 heteroatoms. The summed E-state index contributed by atoms with van der Waals surface area (Å²) in [7, 11) is 3.25. The van der Waals surface area contributed by atoms with Gasteiger partial charge in [0.25, 0.3) is 0 Å². The Hall–Kier alpha value is -4.11. The fraction of sp³-hybridized carbons (Fsp3) is 0.310. The number of carbonyl (C=O) groups is 1. The lowest BCUT2D eigenvalue weighted by molar-refractivity contribution is 0.0553. The number of aryl methyl sites for hydroxylation is 2. The first-order valence-electron chi connectivity index (χ1n) is 12.7. The molecule has 2 aromatic carbocycles. The zero-order valence-corrected chi connectivity index (χ0v) is 21.5. The van der Waals surface area contributed by atoms with E-state index in [9.17, 15) is 9.18 Å². The van der Waals surface area contributed by atoms with Crippen LogP contribution in [-0.4, -0.2) is 50.8 Å². The van der Waals surface area contributed by atoms with Crippen molar-refractivity contribution < 1.29 is 18.7 Å². The Kier molecular flexibility index (Phi) is 6.15. The standard InChI is InChI=1S/C29H28FN5O3/c1-17-26(34(2)33-32-17)23-10-13-31-25-22-9-6-20(29(36)37-3)16-24(22)35(28(23)25)27(19-11-14-38-15-12-19)18-4-7-21(30)8-5-18/h4-10,13,16,19,27H,11-12,14-15H2,1-3H3/t27-/m1/s1. The number of halogens is 1. The van der Waals surface area contributed by atoms with Crippen molar-refractivity contribution in [3.05, 3.63) is 77.4 Å². The Morgan fingerprint density at radius 2 is 1.89 bits per heavy atom. The second-order valence-electron chi connectivity index (χ2n) is 9.74. The zero-order valence-electron chi connectivity index (χ0n) is 21.5. The second kappa shape index (κ2) is 9.64. The minimum absolute atomic E-state index is 0.156. The lowest BCUT2D eigenvalue weighted by Crippen LogP contribution is -2.27. The molecule has 0 bridgehead atoms. The number of benzene rings is 2. The van der Waals surface area contributed by atoms with Crippen molar-refractivity contribution in [1.29, 1.82) is 0 Å². The van der Waals surface area contributed by atoms with Crippen LogP contribution < -0.4 is 0 Å². The number of carbonyl (C=O) groups excluding carboxylic acids is 1. The van der Waals surface area contributed by atoms with Crippen LogP contribution in [0.1, 0.15) is 40.5 Å². The second-order valence-corrected chi connectivity index (χ2v) is 9.74. The number of rotatable bonds is 5. The fourth-order valence-electron chi connectivity index (χ4n) is 5.82. The van der Waals surface area contributed by atoms with Gasteiger partial charge in [0.15, 0.2) is 0 Å². The van der Waals surface area contributed by atoms with Gasteiger partial charge in [-0.2, -0.15) is 0 Å². The number of pyridine rings is 1. The molecule has 0 spiro atoms. The Morgan fingerprint density at radius 1 is 1.13 bits per heavy atom. The number of methoxy groups -OCH3 is 1. The average molecular weight is 514 g/mol. The normalized spacial score (nSPS) is 15.3. The van der Waals surface area contributed by atoms with Crippen LogP contribution in [-0.2, 0) is 16.5 Å². The predicted octanol–water partition coefficient (Wildman–Crippen LogP) is 5.24. The Bertz CT molecular complexity index is 1630. The number of esters is 1. The van der Waals surface area contributed by atoms with Gasteiger partial charge in [-0.15, -0.1) is 5.10 Å². The van der Waals surface area contributed by atoms with E-state index in [0.717, 1.165) is 57.3 Å². The lowest BCUT2D eigenvalue weighted by atomic mass is 9.86. The maximum absolute atomic E-state index is 14.1. The molecule has 38 heavy (non-hydrogen) atoms. The molecule has 0 unspecified atom stereocenters. The van der Waals surface area contributed by atoms with E-state index < -0.39 is 5.97 Å². The number of hydrogen-bond donors (Lipinski definition) is 0. The van der Waals surface area contributed by atoms with Crippen LogP contribution in [0.5, 0.6) is 0 Å². The molecule has 1 saturated heterocycles. The lowest BCUT2D eigenvalue weighted by Gasteiger charge is -2.33. The maximum Gasteiger partial charge on any atom is 0.337 e. The third-order valence-corrected chi connectivity index (χ3v) is 7.55. The number of aromatic nitrogens is 5. The van der Waals surface area contributed by atoms with Crippen molar-refractivity contribution in [3.8, 4) is 11.3 Å². The van der Waals surface area contributed by atoms with Gasteiger partial charge >= 0.3 is 5.97 Å². The van der Waals surface area contributed by atoms with Crippen molar-refractivity contribution in [2.75, 3.05) is 20.3 Å². The van der Waals surface area contributed by atoms with E-state index in [1.807, 2.05) is 44.3 Å². The highest BCUT2D eigenvalue weighted by molar-refractivity contribution is 6.12. The van der Waals surface area contributed by atoms with Crippen molar-refractivity contribution in [3.63, 3.8) is 0 Å². The van der Waals surface area contributed by atoms with Gasteiger partial charge in [-0.1, -0.05) is 17.3 Å². The molecule has 0 radical (unpaired) electrons. The first-order chi connectivity index (χ1) is 18.5. The highest BCUT2D eigenvalue weighted by Crippen LogP contribution is 2.43. The van der Waals surface area contributed by atoms with Gasteiger partial charge in [0.05, 0.1) is 46.7 Å². The average Bonchev–Trinajstić information content (AvgIpc) is 3.46. The van der Waals surface area contributed by atoms with Crippen LogP contribution in [0.3, 0.4) is 0 Å². The van der Waals surface area contributed by atoms with Gasteiger partial charge in [0, 0.05) is 37.4 Å². The molecule has 1 aliphatic heterocycles. The van der Waals surface area contributed by atoms with Crippen LogP contribution >= 0.6 is 0 Å². The van der Waals surface area contributed by atoms with Crippen molar-refractivity contribution in [2.24, 2.45) is 13.0 Å². The largest absolute Gasteiger partial charge is 0.465 e. The summed E-state index contributed by atoms with van der Waals surface area (Å²) in [5.41, 5.74) is 6.65.